The van der Waals surface area contributed by atoms with Crippen LogP contribution in [0.15, 0.2) is 30.3 Å². The molecule has 0 N–H and O–H groups in total. The molecular weight excluding hydrogens is 240 g/mol. The summed E-state index contributed by atoms with van der Waals surface area (Å²) in [5.74, 6) is -0.523. The zero-order chi connectivity index (χ0) is 13.0. The van der Waals surface area contributed by atoms with Gasteiger partial charge < -0.3 is 9.47 Å². The van der Waals surface area contributed by atoms with Crippen LogP contribution >= 0.6 is 0 Å². The molecule has 1 aromatic rings. The summed E-state index contributed by atoms with van der Waals surface area (Å²) in [5.41, 5.74) is 1.20. The molecule has 19 heavy (non-hydrogen) atoms. The Morgan fingerprint density at radius 3 is 2.95 bits per heavy atom. The van der Waals surface area contributed by atoms with Crippen molar-refractivity contribution in [1.82, 2.24) is 0 Å². The zero-order valence-electron chi connectivity index (χ0n) is 11.2. The van der Waals surface area contributed by atoms with Crippen LogP contribution in [0.2, 0.25) is 0 Å². The van der Waals surface area contributed by atoms with E-state index >= 15 is 0 Å². The monoisotopic (exact) mass is 261 g/mol. The predicted molar refractivity (Wildman–Crippen MR) is 72.2 cm³/mol. The molecule has 0 bridgehead atoms. The summed E-state index contributed by atoms with van der Waals surface area (Å²) in [6.07, 6.45) is 5.16. The van der Waals surface area contributed by atoms with E-state index in [0.717, 1.165) is 38.7 Å². The lowest BCUT2D eigenvalue weighted by Crippen LogP contribution is -2.52. The second kappa shape index (κ2) is 5.95. The van der Waals surface area contributed by atoms with E-state index in [1.54, 1.807) is 0 Å². The normalized spacial score (nSPS) is 31.1. The third kappa shape index (κ3) is 2.94. The summed E-state index contributed by atoms with van der Waals surface area (Å²) in [5, 5.41) is 0. The molecular formula is C16H21O3+. The van der Waals surface area contributed by atoms with Gasteiger partial charge in [-0.2, -0.15) is 4.74 Å². The molecule has 0 saturated carbocycles. The Balaban J connectivity index is 1.64. The quantitative estimate of drug-likeness (QED) is 0.780. The van der Waals surface area contributed by atoms with Gasteiger partial charge in [-0.15, -0.1) is 0 Å². The molecule has 0 amide bonds. The number of benzene rings is 1. The average Bonchev–Trinajstić information content (AvgIpc) is 2.48. The minimum atomic E-state index is -0.523. The molecule has 102 valence electrons. The van der Waals surface area contributed by atoms with E-state index in [0.29, 0.717) is 6.61 Å². The molecule has 2 fully saturated rings. The van der Waals surface area contributed by atoms with E-state index in [2.05, 4.69) is 12.1 Å². The molecule has 2 aliphatic rings. The lowest BCUT2D eigenvalue weighted by Gasteiger charge is -2.40. The summed E-state index contributed by atoms with van der Waals surface area (Å²) < 4.78 is 17.9. The van der Waals surface area contributed by atoms with Crippen molar-refractivity contribution in [3.05, 3.63) is 42.5 Å². The highest BCUT2D eigenvalue weighted by molar-refractivity contribution is 5.13. The minimum absolute atomic E-state index is 0.0398. The minimum Gasteiger partial charge on any atom is -0.368 e. The van der Waals surface area contributed by atoms with E-state index in [-0.39, 0.29) is 6.10 Å². The molecule has 2 saturated heterocycles. The summed E-state index contributed by atoms with van der Waals surface area (Å²) in [7, 11) is 0. The van der Waals surface area contributed by atoms with Crippen LogP contribution in [-0.2, 0) is 20.8 Å². The molecule has 1 spiro atoms. The van der Waals surface area contributed by atoms with Crippen LogP contribution in [-0.4, -0.2) is 18.5 Å². The molecule has 2 aliphatic heterocycles. The highest BCUT2D eigenvalue weighted by atomic mass is 16.7. The Labute approximate surface area is 114 Å². The van der Waals surface area contributed by atoms with Gasteiger partial charge in [0.25, 0.3) is 0 Å². The van der Waals surface area contributed by atoms with E-state index in [9.17, 15) is 0 Å². The van der Waals surface area contributed by atoms with Gasteiger partial charge in [-0.25, -0.2) is 0 Å². The van der Waals surface area contributed by atoms with Crippen molar-refractivity contribution in [2.75, 3.05) is 6.61 Å². The summed E-state index contributed by atoms with van der Waals surface area (Å²) in [6.45, 7) is 3.28. The molecule has 0 unspecified atom stereocenters. The maximum absolute atomic E-state index is 6.09. The van der Waals surface area contributed by atoms with E-state index in [1.807, 2.05) is 24.8 Å². The molecule has 3 rings (SSSR count). The SMILES string of the molecule is c1ccc(CO[C@H]2CC[CH+]O[C@@]23CCCCO3)cc1. The number of ether oxygens (including phenoxy) is 3. The molecule has 0 radical (unpaired) electrons. The number of rotatable bonds is 3. The predicted octanol–water partition coefficient (Wildman–Crippen LogP) is 3.44. The Morgan fingerprint density at radius 2 is 2.16 bits per heavy atom. The van der Waals surface area contributed by atoms with E-state index in [4.69, 9.17) is 14.2 Å². The molecule has 3 nitrogen and oxygen atoms in total. The fourth-order valence-electron chi connectivity index (χ4n) is 2.83. The van der Waals surface area contributed by atoms with Crippen LogP contribution in [0.25, 0.3) is 0 Å². The fraction of sp³-hybridized carbons (Fsp3) is 0.562. The Morgan fingerprint density at radius 1 is 1.26 bits per heavy atom. The zero-order valence-corrected chi connectivity index (χ0v) is 11.2. The third-order valence-electron chi connectivity index (χ3n) is 3.88. The first-order valence-corrected chi connectivity index (χ1v) is 7.18. The van der Waals surface area contributed by atoms with Gasteiger partial charge in [-0.3, -0.25) is 0 Å². The van der Waals surface area contributed by atoms with Crippen LogP contribution in [0.3, 0.4) is 0 Å². The van der Waals surface area contributed by atoms with Gasteiger partial charge in [-0.1, -0.05) is 30.3 Å². The average molecular weight is 261 g/mol. The Hall–Kier alpha value is -1.03. The van der Waals surface area contributed by atoms with Crippen molar-refractivity contribution >= 4 is 0 Å². The lowest BCUT2D eigenvalue weighted by atomic mass is 9.94. The molecule has 2 heterocycles. The van der Waals surface area contributed by atoms with Crippen LogP contribution in [0.4, 0.5) is 0 Å². The van der Waals surface area contributed by atoms with Crippen molar-refractivity contribution in [1.29, 1.82) is 0 Å². The first-order valence-electron chi connectivity index (χ1n) is 7.18. The van der Waals surface area contributed by atoms with Gasteiger partial charge in [-0.05, 0) is 18.4 Å². The molecule has 0 aliphatic carbocycles. The standard InChI is InChI=1S/C16H21O3/c1-2-7-14(8-3-1)13-17-15-9-6-12-19-16(15)10-4-5-11-18-16/h1-3,7-8,12,15H,4-6,9-11,13H2/q+1/t15-,16-/m0/s1. The van der Waals surface area contributed by atoms with Crippen molar-refractivity contribution in [3.8, 4) is 0 Å². The van der Waals surface area contributed by atoms with E-state index in [1.165, 1.54) is 5.56 Å². The summed E-state index contributed by atoms with van der Waals surface area (Å²) in [4.78, 5) is 0. The largest absolute Gasteiger partial charge is 0.368 e. The maximum Gasteiger partial charge on any atom is 0.244 e. The topological polar surface area (TPSA) is 27.7 Å². The molecule has 3 heteroatoms. The van der Waals surface area contributed by atoms with Gasteiger partial charge >= 0.3 is 0 Å². The van der Waals surface area contributed by atoms with Gasteiger partial charge in [0.1, 0.15) is 12.5 Å². The number of hydrogen-bond donors (Lipinski definition) is 0. The van der Waals surface area contributed by atoms with Crippen molar-refractivity contribution in [3.63, 3.8) is 0 Å². The third-order valence-corrected chi connectivity index (χ3v) is 3.88. The summed E-state index contributed by atoms with van der Waals surface area (Å²) >= 11 is 0. The second-order valence-electron chi connectivity index (χ2n) is 5.26. The lowest BCUT2D eigenvalue weighted by molar-refractivity contribution is -0.309. The van der Waals surface area contributed by atoms with Crippen molar-refractivity contribution in [2.24, 2.45) is 0 Å². The Kier molecular flexibility index (Phi) is 4.06. The van der Waals surface area contributed by atoms with Crippen LogP contribution in [0, 0.1) is 6.61 Å². The first-order chi connectivity index (χ1) is 9.39. The Bertz CT molecular complexity index is 376. The molecule has 1 aromatic carbocycles. The van der Waals surface area contributed by atoms with Crippen LogP contribution < -0.4 is 0 Å². The fourth-order valence-corrected chi connectivity index (χ4v) is 2.83. The van der Waals surface area contributed by atoms with Gasteiger partial charge in [0.2, 0.25) is 12.4 Å². The van der Waals surface area contributed by atoms with Crippen LogP contribution in [0.5, 0.6) is 0 Å². The van der Waals surface area contributed by atoms with Crippen molar-refractivity contribution in [2.45, 2.75) is 50.6 Å². The van der Waals surface area contributed by atoms with Gasteiger partial charge in [0.15, 0.2) is 0 Å². The highest BCUT2D eigenvalue weighted by Gasteiger charge is 2.50. The van der Waals surface area contributed by atoms with Gasteiger partial charge in [0.05, 0.1) is 13.2 Å². The molecule has 2 atom stereocenters. The first kappa shape index (κ1) is 13.0. The second-order valence-corrected chi connectivity index (χ2v) is 5.26. The number of hydrogen-bond acceptors (Lipinski definition) is 3. The van der Waals surface area contributed by atoms with Gasteiger partial charge in [0, 0.05) is 12.8 Å². The maximum atomic E-state index is 6.09. The highest BCUT2D eigenvalue weighted by Crippen LogP contribution is 2.38. The van der Waals surface area contributed by atoms with Crippen LogP contribution in [0.1, 0.15) is 37.7 Å². The molecule has 0 aromatic heterocycles. The smallest absolute Gasteiger partial charge is 0.244 e. The van der Waals surface area contributed by atoms with Crippen molar-refractivity contribution < 1.29 is 14.2 Å². The summed E-state index contributed by atoms with van der Waals surface area (Å²) in [6, 6.07) is 10.3. The van der Waals surface area contributed by atoms with E-state index < -0.39 is 5.79 Å².